The summed E-state index contributed by atoms with van der Waals surface area (Å²) in [6.07, 6.45) is 4.82. The standard InChI is InChI=1S/C6H9N3O2S/c1-7-12(10,11)5-4-9-3-2-8-6-9/h1-3,6-7H,4-5H2. The van der Waals surface area contributed by atoms with Crippen LogP contribution in [0.5, 0.6) is 0 Å². The molecular formula is C6H9N3O2S. The van der Waals surface area contributed by atoms with E-state index in [1.165, 1.54) is 0 Å². The van der Waals surface area contributed by atoms with Gasteiger partial charge in [0, 0.05) is 18.9 Å². The molecule has 66 valence electrons. The molecule has 0 aliphatic carbocycles. The average molecular weight is 187 g/mol. The largest absolute Gasteiger partial charge is 0.336 e. The second kappa shape index (κ2) is 3.68. The molecule has 5 nitrogen and oxygen atoms in total. The topological polar surface area (TPSA) is 64.0 Å². The van der Waals surface area contributed by atoms with Crippen molar-refractivity contribution < 1.29 is 8.42 Å². The van der Waals surface area contributed by atoms with Crippen LogP contribution in [0.4, 0.5) is 0 Å². The van der Waals surface area contributed by atoms with Gasteiger partial charge >= 0.3 is 0 Å². The Balaban J connectivity index is 2.47. The SMILES string of the molecule is [CH]NS(=O)(=O)CCn1ccnc1. The number of nitrogens with zero attached hydrogens (tertiary/aromatic N) is 2. The number of sulfonamides is 1. The highest BCUT2D eigenvalue weighted by Gasteiger charge is 2.05. The van der Waals surface area contributed by atoms with Gasteiger partial charge < -0.3 is 4.57 Å². The van der Waals surface area contributed by atoms with Crippen molar-refractivity contribution in [2.75, 3.05) is 5.75 Å². The van der Waals surface area contributed by atoms with Crippen LogP contribution in [0.3, 0.4) is 0 Å². The fraction of sp³-hybridized carbons (Fsp3) is 0.333. The average Bonchev–Trinajstić information content (AvgIpc) is 2.53. The summed E-state index contributed by atoms with van der Waals surface area (Å²) in [6, 6.07) is 0. The normalized spacial score (nSPS) is 11.8. The lowest BCUT2D eigenvalue weighted by Gasteiger charge is -2.01. The van der Waals surface area contributed by atoms with E-state index in [0.717, 1.165) is 0 Å². The molecule has 1 N–H and O–H groups in total. The molecule has 0 aliphatic rings. The van der Waals surface area contributed by atoms with Crippen molar-refractivity contribution in [3.63, 3.8) is 0 Å². The van der Waals surface area contributed by atoms with Crippen molar-refractivity contribution in [2.45, 2.75) is 6.54 Å². The van der Waals surface area contributed by atoms with Gasteiger partial charge in [-0.05, 0) is 0 Å². The van der Waals surface area contributed by atoms with Crippen LogP contribution >= 0.6 is 0 Å². The van der Waals surface area contributed by atoms with Crippen molar-refractivity contribution in [3.05, 3.63) is 25.8 Å². The molecule has 0 amide bonds. The fourth-order valence-corrected chi connectivity index (χ4v) is 1.27. The summed E-state index contributed by atoms with van der Waals surface area (Å²) in [4.78, 5) is 3.77. The molecule has 1 heterocycles. The first-order chi connectivity index (χ1) is 5.64. The van der Waals surface area contributed by atoms with Crippen molar-refractivity contribution in [1.82, 2.24) is 14.3 Å². The predicted molar refractivity (Wildman–Crippen MR) is 43.4 cm³/mol. The van der Waals surface area contributed by atoms with Crippen molar-refractivity contribution >= 4 is 10.0 Å². The van der Waals surface area contributed by atoms with Crippen LogP contribution in [0.15, 0.2) is 18.7 Å². The van der Waals surface area contributed by atoms with Crippen LogP contribution in [0.1, 0.15) is 0 Å². The zero-order chi connectivity index (χ0) is 9.03. The summed E-state index contributed by atoms with van der Waals surface area (Å²) >= 11 is 0. The fourth-order valence-electron chi connectivity index (χ4n) is 0.704. The smallest absolute Gasteiger partial charge is 0.213 e. The Morgan fingerprint density at radius 2 is 2.33 bits per heavy atom. The Morgan fingerprint density at radius 3 is 2.83 bits per heavy atom. The summed E-state index contributed by atoms with van der Waals surface area (Å²) in [5.74, 6) is -0.0418. The lowest BCUT2D eigenvalue weighted by atomic mass is 10.7. The molecule has 12 heavy (non-hydrogen) atoms. The Kier molecular flexibility index (Phi) is 2.83. The Bertz CT molecular complexity index is 317. The van der Waals surface area contributed by atoms with Gasteiger partial charge in [0.15, 0.2) is 0 Å². The highest BCUT2D eigenvalue weighted by Crippen LogP contribution is 1.89. The molecule has 0 saturated carbocycles. The highest BCUT2D eigenvalue weighted by atomic mass is 32.2. The van der Waals surface area contributed by atoms with E-state index in [-0.39, 0.29) is 5.75 Å². The van der Waals surface area contributed by atoms with Crippen LogP contribution in [0.25, 0.3) is 0 Å². The maximum atomic E-state index is 10.8. The molecule has 1 aromatic rings. The molecule has 0 aliphatic heterocycles. The van der Waals surface area contributed by atoms with Crippen molar-refractivity contribution in [1.29, 1.82) is 0 Å². The first-order valence-electron chi connectivity index (χ1n) is 3.30. The van der Waals surface area contributed by atoms with Gasteiger partial charge in [0.05, 0.1) is 19.1 Å². The van der Waals surface area contributed by atoms with Crippen molar-refractivity contribution in [2.24, 2.45) is 0 Å². The third-order valence-corrected chi connectivity index (χ3v) is 2.44. The molecule has 1 rings (SSSR count). The van der Waals surface area contributed by atoms with Gasteiger partial charge in [-0.1, -0.05) is 0 Å². The first-order valence-corrected chi connectivity index (χ1v) is 4.95. The molecule has 0 unspecified atom stereocenters. The number of imidazole rings is 1. The van der Waals surface area contributed by atoms with Gasteiger partial charge in [-0.2, -0.15) is 0 Å². The van der Waals surface area contributed by atoms with Crippen LogP contribution < -0.4 is 4.72 Å². The summed E-state index contributed by atoms with van der Waals surface area (Å²) in [6.45, 7) is 0.354. The maximum absolute atomic E-state index is 10.8. The first kappa shape index (κ1) is 9.21. The quantitative estimate of drug-likeness (QED) is 0.644. The second-order valence-electron chi connectivity index (χ2n) is 2.24. The molecule has 0 fully saturated rings. The molecule has 0 spiro atoms. The van der Waals surface area contributed by atoms with E-state index in [2.05, 4.69) is 4.98 Å². The van der Waals surface area contributed by atoms with Gasteiger partial charge in [-0.25, -0.2) is 18.1 Å². The lowest BCUT2D eigenvalue weighted by Crippen LogP contribution is -2.22. The van der Waals surface area contributed by atoms with E-state index in [1.807, 2.05) is 0 Å². The summed E-state index contributed by atoms with van der Waals surface area (Å²) in [5.41, 5.74) is 0. The van der Waals surface area contributed by atoms with Gasteiger partial charge in [0.2, 0.25) is 10.0 Å². The molecule has 0 bridgehead atoms. The van der Waals surface area contributed by atoms with Crippen LogP contribution in [-0.2, 0) is 16.6 Å². The minimum Gasteiger partial charge on any atom is -0.336 e. The highest BCUT2D eigenvalue weighted by molar-refractivity contribution is 7.89. The molecule has 1 aromatic heterocycles. The van der Waals surface area contributed by atoms with Gasteiger partial charge in [-0.15, -0.1) is 0 Å². The number of aromatic nitrogens is 2. The summed E-state index contributed by atoms with van der Waals surface area (Å²) in [5, 5.41) is 0. The van der Waals surface area contributed by atoms with E-state index in [4.69, 9.17) is 7.05 Å². The maximum Gasteiger partial charge on any atom is 0.213 e. The molecule has 0 aromatic carbocycles. The Hall–Kier alpha value is -0.880. The van der Waals surface area contributed by atoms with E-state index in [1.54, 1.807) is 28.0 Å². The number of nitrogens with one attached hydrogen (secondary N) is 1. The third kappa shape index (κ3) is 2.63. The molecular weight excluding hydrogens is 178 g/mol. The monoisotopic (exact) mass is 187 g/mol. The van der Waals surface area contributed by atoms with E-state index in [0.29, 0.717) is 6.54 Å². The van der Waals surface area contributed by atoms with Gasteiger partial charge in [0.1, 0.15) is 0 Å². The zero-order valence-corrected chi connectivity index (χ0v) is 7.16. The minimum absolute atomic E-state index is 0.0418. The Labute approximate surface area is 71.5 Å². The summed E-state index contributed by atoms with van der Waals surface area (Å²) < 4.78 is 25.1. The Morgan fingerprint density at radius 1 is 1.58 bits per heavy atom. The third-order valence-electron chi connectivity index (χ3n) is 1.36. The van der Waals surface area contributed by atoms with E-state index in [9.17, 15) is 8.42 Å². The molecule has 6 heteroatoms. The molecule has 0 saturated heterocycles. The van der Waals surface area contributed by atoms with Gasteiger partial charge in [-0.3, -0.25) is 0 Å². The molecule has 2 radical (unpaired) electrons. The predicted octanol–water partition coefficient (Wildman–Crippen LogP) is -0.529. The number of rotatable bonds is 4. The van der Waals surface area contributed by atoms with Crippen LogP contribution in [-0.4, -0.2) is 23.7 Å². The van der Waals surface area contributed by atoms with Crippen LogP contribution in [0, 0.1) is 7.05 Å². The summed E-state index contributed by atoms with van der Waals surface area (Å²) in [7, 11) is 1.47. The van der Waals surface area contributed by atoms with E-state index < -0.39 is 10.0 Å². The van der Waals surface area contributed by atoms with E-state index >= 15 is 0 Å². The second-order valence-corrected chi connectivity index (χ2v) is 4.11. The van der Waals surface area contributed by atoms with Crippen LogP contribution in [0.2, 0.25) is 0 Å². The van der Waals surface area contributed by atoms with Crippen molar-refractivity contribution in [3.8, 4) is 0 Å². The van der Waals surface area contributed by atoms with Gasteiger partial charge in [0.25, 0.3) is 0 Å². The zero-order valence-electron chi connectivity index (χ0n) is 6.34. The molecule has 0 atom stereocenters. The lowest BCUT2D eigenvalue weighted by molar-refractivity contribution is 0.583. The number of hydrogen-bond acceptors (Lipinski definition) is 3. The number of hydrogen-bond donors (Lipinski definition) is 1. The number of aryl methyl sites for hydroxylation is 1. The minimum atomic E-state index is -3.32.